The van der Waals surface area contributed by atoms with E-state index >= 15 is 0 Å². The first kappa shape index (κ1) is 18.5. The van der Waals surface area contributed by atoms with E-state index in [0.717, 1.165) is 12.8 Å². The van der Waals surface area contributed by atoms with Gasteiger partial charge in [0.2, 0.25) is 0 Å². The molecule has 24 heavy (non-hydrogen) atoms. The van der Waals surface area contributed by atoms with Crippen molar-refractivity contribution >= 4 is 29.2 Å². The second-order valence-corrected chi connectivity index (χ2v) is 6.13. The van der Waals surface area contributed by atoms with E-state index in [9.17, 15) is 14.7 Å². The second kappa shape index (κ2) is 8.31. The van der Waals surface area contributed by atoms with Crippen LogP contribution in [0.1, 0.15) is 48.9 Å². The smallest absolute Gasteiger partial charge is 0.347 e. The number of fused-ring (bicyclic) bond motifs is 1. The maximum Gasteiger partial charge on any atom is 0.347 e. The molecule has 1 aliphatic rings. The van der Waals surface area contributed by atoms with Gasteiger partial charge in [-0.3, -0.25) is 4.79 Å². The Bertz CT molecular complexity index is 765. The third-order valence-corrected chi connectivity index (χ3v) is 4.41. The van der Waals surface area contributed by atoms with E-state index in [1.165, 1.54) is 31.4 Å². The first-order valence-corrected chi connectivity index (χ1v) is 8.17. The van der Waals surface area contributed by atoms with Crippen molar-refractivity contribution in [2.75, 3.05) is 6.54 Å². The van der Waals surface area contributed by atoms with Gasteiger partial charge in [0.15, 0.2) is 5.78 Å². The van der Waals surface area contributed by atoms with Crippen LogP contribution in [-0.4, -0.2) is 23.5 Å². The Morgan fingerprint density at radius 1 is 1.21 bits per heavy atom. The lowest BCUT2D eigenvalue weighted by molar-refractivity contribution is 0.0977. The van der Waals surface area contributed by atoms with Gasteiger partial charge in [-0.1, -0.05) is 19.3 Å². The zero-order valence-corrected chi connectivity index (χ0v) is 14.2. The fourth-order valence-corrected chi connectivity index (χ4v) is 3.13. The van der Waals surface area contributed by atoms with Crippen molar-refractivity contribution in [3.63, 3.8) is 0 Å². The van der Waals surface area contributed by atoms with E-state index in [1.54, 1.807) is 12.1 Å². The van der Waals surface area contributed by atoms with Crippen molar-refractivity contribution in [3.05, 3.63) is 40.2 Å². The molecule has 1 aliphatic carbocycles. The number of Topliss-reactive ketones (excluding diaryl/α,β-unsaturated/α-hetero) is 1. The molecular formula is C18H22ClNO4. The Hall–Kier alpha value is -1.85. The molecule has 1 saturated carbocycles. The number of hydrogen-bond donors (Lipinski definition) is 2. The molecule has 3 rings (SSSR count). The largest absolute Gasteiger partial charge is 0.508 e. The summed E-state index contributed by atoms with van der Waals surface area (Å²) in [6, 6.07) is 6.54. The van der Waals surface area contributed by atoms with Crippen LogP contribution in [-0.2, 0) is 0 Å². The lowest BCUT2D eigenvalue weighted by Crippen LogP contribution is -2.33. The molecule has 130 valence electrons. The van der Waals surface area contributed by atoms with E-state index in [4.69, 9.17) is 4.42 Å². The van der Waals surface area contributed by atoms with E-state index in [0.29, 0.717) is 18.0 Å². The zero-order valence-electron chi connectivity index (χ0n) is 13.4. The molecule has 0 atom stereocenters. The summed E-state index contributed by atoms with van der Waals surface area (Å²) in [4.78, 5) is 24.2. The Kier molecular flexibility index (Phi) is 6.40. The summed E-state index contributed by atoms with van der Waals surface area (Å²) in [5.41, 5.74) is -0.286. The predicted molar refractivity (Wildman–Crippen MR) is 95.2 cm³/mol. The highest BCUT2D eigenvalue weighted by Crippen LogP contribution is 2.20. The summed E-state index contributed by atoms with van der Waals surface area (Å²) < 4.78 is 5.13. The number of carbonyl (C=O) groups excluding carboxylic acids is 1. The summed E-state index contributed by atoms with van der Waals surface area (Å²) in [5, 5.41) is 13.4. The van der Waals surface area contributed by atoms with E-state index in [2.05, 4.69) is 5.32 Å². The lowest BCUT2D eigenvalue weighted by atomic mass is 9.95. The first-order chi connectivity index (χ1) is 11.1. The van der Waals surface area contributed by atoms with Gasteiger partial charge < -0.3 is 14.8 Å². The fourth-order valence-electron chi connectivity index (χ4n) is 3.13. The highest BCUT2D eigenvalue weighted by Gasteiger charge is 2.16. The van der Waals surface area contributed by atoms with Gasteiger partial charge >= 0.3 is 5.63 Å². The van der Waals surface area contributed by atoms with Crippen molar-refractivity contribution in [2.24, 2.45) is 0 Å². The van der Waals surface area contributed by atoms with E-state index in [1.807, 2.05) is 0 Å². The van der Waals surface area contributed by atoms with Crippen LogP contribution in [0.15, 0.2) is 33.5 Å². The van der Waals surface area contributed by atoms with Gasteiger partial charge in [-0.15, -0.1) is 12.4 Å². The number of halogens is 1. The minimum Gasteiger partial charge on any atom is -0.508 e. The summed E-state index contributed by atoms with van der Waals surface area (Å²) in [5.74, 6) is -0.187. The van der Waals surface area contributed by atoms with Crippen LogP contribution in [0.5, 0.6) is 5.75 Å². The molecule has 0 aliphatic heterocycles. The Morgan fingerprint density at radius 3 is 2.71 bits per heavy atom. The average Bonchev–Trinajstić information content (AvgIpc) is 2.55. The molecule has 2 N–H and O–H groups in total. The molecule has 0 unspecified atom stereocenters. The summed E-state index contributed by atoms with van der Waals surface area (Å²) in [7, 11) is 0. The normalized spacial score (nSPS) is 15.2. The molecule has 6 heteroatoms. The number of phenolic OH excluding ortho intramolecular Hbond substituents is 1. The van der Waals surface area contributed by atoms with Crippen LogP contribution in [0.25, 0.3) is 11.0 Å². The molecule has 1 heterocycles. The fraction of sp³-hybridized carbons (Fsp3) is 0.444. The lowest BCUT2D eigenvalue weighted by Gasteiger charge is -2.22. The molecular weight excluding hydrogens is 330 g/mol. The number of nitrogens with one attached hydrogen (secondary N) is 1. The van der Waals surface area contributed by atoms with Gasteiger partial charge in [0.25, 0.3) is 0 Å². The first-order valence-electron chi connectivity index (χ1n) is 8.17. The average molecular weight is 352 g/mol. The highest BCUT2D eigenvalue weighted by atomic mass is 35.5. The van der Waals surface area contributed by atoms with Gasteiger partial charge in [0.05, 0.1) is 0 Å². The maximum atomic E-state index is 12.3. The number of hydrogen-bond acceptors (Lipinski definition) is 5. The van der Waals surface area contributed by atoms with Crippen LogP contribution >= 0.6 is 12.4 Å². The molecule has 5 nitrogen and oxygen atoms in total. The van der Waals surface area contributed by atoms with Gasteiger partial charge in [0, 0.05) is 30.5 Å². The Morgan fingerprint density at radius 2 is 1.96 bits per heavy atom. The van der Waals surface area contributed by atoms with Crippen molar-refractivity contribution in [2.45, 2.75) is 44.6 Å². The summed E-state index contributed by atoms with van der Waals surface area (Å²) >= 11 is 0. The molecule has 0 amide bonds. The Labute approximate surface area is 146 Å². The molecule has 0 spiro atoms. The van der Waals surface area contributed by atoms with E-state index in [-0.39, 0.29) is 41.5 Å². The minimum absolute atomic E-state index is 0. The van der Waals surface area contributed by atoms with Crippen LogP contribution in [0.3, 0.4) is 0 Å². The van der Waals surface area contributed by atoms with Crippen molar-refractivity contribution in [3.8, 4) is 5.75 Å². The van der Waals surface area contributed by atoms with Gasteiger partial charge in [-0.2, -0.15) is 0 Å². The third kappa shape index (κ3) is 4.36. The van der Waals surface area contributed by atoms with E-state index < -0.39 is 5.63 Å². The molecule has 0 saturated heterocycles. The quantitative estimate of drug-likeness (QED) is 0.637. The molecule has 1 fully saturated rings. The van der Waals surface area contributed by atoms with Crippen LogP contribution in [0.2, 0.25) is 0 Å². The third-order valence-electron chi connectivity index (χ3n) is 4.41. The molecule has 0 bridgehead atoms. The molecule has 1 aromatic carbocycles. The summed E-state index contributed by atoms with van der Waals surface area (Å²) in [6.07, 6.45) is 6.39. The van der Waals surface area contributed by atoms with Crippen LogP contribution in [0.4, 0.5) is 0 Å². The zero-order chi connectivity index (χ0) is 16.2. The predicted octanol–water partition coefficient (Wildman–Crippen LogP) is 3.42. The number of rotatable bonds is 5. The van der Waals surface area contributed by atoms with Crippen molar-refractivity contribution in [1.82, 2.24) is 5.32 Å². The minimum atomic E-state index is -0.647. The molecule has 1 aromatic heterocycles. The number of aromatic hydroxyl groups is 1. The van der Waals surface area contributed by atoms with Crippen molar-refractivity contribution in [1.29, 1.82) is 0 Å². The second-order valence-electron chi connectivity index (χ2n) is 6.13. The maximum absolute atomic E-state index is 12.3. The van der Waals surface area contributed by atoms with Gasteiger partial charge in [0.1, 0.15) is 16.9 Å². The SMILES string of the molecule is Cl.O=C(CCNC1CCCCC1)c1cc2ccc(O)cc2oc1=O. The number of ketones is 1. The van der Waals surface area contributed by atoms with Crippen LogP contribution < -0.4 is 10.9 Å². The number of carbonyl (C=O) groups is 1. The van der Waals surface area contributed by atoms with Crippen LogP contribution in [0, 0.1) is 0 Å². The number of phenols is 1. The standard InChI is InChI=1S/C18H21NO4.ClH/c20-14-7-6-12-10-15(18(22)23-17(12)11-14)16(21)8-9-19-13-4-2-1-3-5-13;/h6-7,10-11,13,19-20H,1-5,8-9H2;1H. The topological polar surface area (TPSA) is 79.5 Å². The Balaban J connectivity index is 0.00000208. The molecule has 2 aromatic rings. The monoisotopic (exact) mass is 351 g/mol. The van der Waals surface area contributed by atoms with Gasteiger partial charge in [-0.05, 0) is 31.0 Å². The van der Waals surface area contributed by atoms with Gasteiger partial charge in [-0.25, -0.2) is 4.79 Å². The molecule has 0 radical (unpaired) electrons. The highest BCUT2D eigenvalue weighted by molar-refractivity contribution is 5.98. The summed E-state index contributed by atoms with van der Waals surface area (Å²) in [6.45, 7) is 0.580. The number of benzene rings is 1. The van der Waals surface area contributed by atoms with Crippen molar-refractivity contribution < 1.29 is 14.3 Å².